The fourth-order valence-electron chi connectivity index (χ4n) is 1.87. The molecule has 2 rings (SSSR count). The van der Waals surface area contributed by atoms with E-state index in [0.29, 0.717) is 6.42 Å². The Morgan fingerprint density at radius 1 is 1.44 bits per heavy atom. The molecule has 1 aromatic rings. The Hall–Kier alpha value is -0.980. The molecular formula is C13H14BrNO. The topological polar surface area (TPSA) is 32.3 Å². The molecule has 0 fully saturated rings. The molecule has 0 saturated carbocycles. The van der Waals surface area contributed by atoms with Gasteiger partial charge < -0.3 is 10.4 Å². The van der Waals surface area contributed by atoms with E-state index in [2.05, 4.69) is 39.2 Å². The maximum atomic E-state index is 8.71. The number of fused-ring (bicyclic) bond motifs is 1. The number of aliphatic hydroxyl groups excluding tert-OH is 1. The monoisotopic (exact) mass is 279 g/mol. The highest BCUT2D eigenvalue weighted by Crippen LogP contribution is 2.29. The number of anilines is 1. The molecule has 0 saturated heterocycles. The van der Waals surface area contributed by atoms with E-state index < -0.39 is 0 Å². The fourth-order valence-corrected chi connectivity index (χ4v) is 2.38. The quantitative estimate of drug-likeness (QED) is 0.775. The number of halogens is 1. The molecular weight excluding hydrogens is 266 g/mol. The van der Waals surface area contributed by atoms with Crippen LogP contribution in [0.5, 0.6) is 0 Å². The first-order valence-electron chi connectivity index (χ1n) is 5.47. The van der Waals surface area contributed by atoms with Gasteiger partial charge in [0.25, 0.3) is 0 Å². The van der Waals surface area contributed by atoms with Crippen LogP contribution >= 0.6 is 15.9 Å². The van der Waals surface area contributed by atoms with Crippen LogP contribution in [0.4, 0.5) is 5.69 Å². The smallest absolute Gasteiger partial charge is 0.0540 e. The first kappa shape index (κ1) is 11.5. The second-order valence-electron chi connectivity index (χ2n) is 3.79. The largest absolute Gasteiger partial charge is 0.395 e. The van der Waals surface area contributed by atoms with Gasteiger partial charge in [0.1, 0.15) is 0 Å². The Morgan fingerprint density at radius 3 is 3.12 bits per heavy atom. The zero-order valence-electron chi connectivity index (χ0n) is 9.02. The maximum absolute atomic E-state index is 8.71. The van der Waals surface area contributed by atoms with Crippen molar-refractivity contribution in [1.29, 1.82) is 0 Å². The highest BCUT2D eigenvalue weighted by Gasteiger charge is 2.12. The Kier molecular flexibility index (Phi) is 3.87. The van der Waals surface area contributed by atoms with Crippen LogP contribution in [0.3, 0.4) is 0 Å². The fraction of sp³-hybridized carbons (Fsp3) is 0.385. The molecule has 0 amide bonds. The summed E-state index contributed by atoms with van der Waals surface area (Å²) in [5, 5.41) is 12.1. The molecule has 0 unspecified atom stereocenters. The minimum atomic E-state index is 0.122. The van der Waals surface area contributed by atoms with Crippen molar-refractivity contribution in [3.63, 3.8) is 0 Å². The maximum Gasteiger partial charge on any atom is 0.0540 e. The molecule has 0 aromatic heterocycles. The number of nitrogens with one attached hydrogen (secondary N) is 1. The summed E-state index contributed by atoms with van der Waals surface area (Å²) in [7, 11) is 0. The van der Waals surface area contributed by atoms with E-state index in [1.165, 1.54) is 17.7 Å². The molecule has 0 bridgehead atoms. The van der Waals surface area contributed by atoms with Crippen molar-refractivity contribution >= 4 is 21.6 Å². The molecule has 84 valence electrons. The Bertz CT molecular complexity index is 445. The first-order valence-corrected chi connectivity index (χ1v) is 6.26. The van der Waals surface area contributed by atoms with E-state index in [9.17, 15) is 0 Å². The van der Waals surface area contributed by atoms with Gasteiger partial charge in [-0.05, 0) is 30.5 Å². The van der Waals surface area contributed by atoms with Gasteiger partial charge >= 0.3 is 0 Å². The van der Waals surface area contributed by atoms with Crippen LogP contribution in [-0.2, 0) is 6.42 Å². The molecule has 0 radical (unpaired) electrons. The Morgan fingerprint density at radius 2 is 2.31 bits per heavy atom. The minimum absolute atomic E-state index is 0.122. The lowest BCUT2D eigenvalue weighted by Gasteiger charge is -2.19. The van der Waals surface area contributed by atoms with Crippen molar-refractivity contribution in [2.45, 2.75) is 19.3 Å². The van der Waals surface area contributed by atoms with Crippen molar-refractivity contribution in [1.82, 2.24) is 0 Å². The van der Waals surface area contributed by atoms with Gasteiger partial charge in [-0.2, -0.15) is 0 Å². The van der Waals surface area contributed by atoms with Crippen LogP contribution < -0.4 is 5.32 Å². The van der Waals surface area contributed by atoms with Crippen molar-refractivity contribution in [3.05, 3.63) is 27.7 Å². The van der Waals surface area contributed by atoms with Gasteiger partial charge in [-0.3, -0.25) is 0 Å². The zero-order valence-corrected chi connectivity index (χ0v) is 10.6. The zero-order chi connectivity index (χ0) is 11.4. The summed E-state index contributed by atoms with van der Waals surface area (Å²) in [6.07, 6.45) is 2.81. The predicted octanol–water partition coefficient (Wildman–Crippen LogP) is 2.54. The molecule has 0 atom stereocenters. The second-order valence-corrected chi connectivity index (χ2v) is 4.71. The van der Waals surface area contributed by atoms with Gasteiger partial charge in [-0.15, -0.1) is 0 Å². The molecule has 0 spiro atoms. The van der Waals surface area contributed by atoms with Gasteiger partial charge in [0.2, 0.25) is 0 Å². The van der Waals surface area contributed by atoms with Gasteiger partial charge in [0.15, 0.2) is 0 Å². The summed E-state index contributed by atoms with van der Waals surface area (Å²) in [4.78, 5) is 0. The number of aliphatic hydroxyl groups is 1. The number of hydrogen-bond donors (Lipinski definition) is 2. The van der Waals surface area contributed by atoms with E-state index in [1.54, 1.807) is 0 Å². The average Bonchev–Trinajstić information content (AvgIpc) is 2.29. The van der Waals surface area contributed by atoms with Crippen molar-refractivity contribution in [3.8, 4) is 11.8 Å². The molecule has 3 heteroatoms. The van der Waals surface area contributed by atoms with Crippen LogP contribution in [0.15, 0.2) is 16.6 Å². The third kappa shape index (κ3) is 2.58. The van der Waals surface area contributed by atoms with Crippen LogP contribution in [0.25, 0.3) is 0 Å². The highest BCUT2D eigenvalue weighted by molar-refractivity contribution is 9.10. The van der Waals surface area contributed by atoms with Gasteiger partial charge in [-0.25, -0.2) is 0 Å². The predicted molar refractivity (Wildman–Crippen MR) is 69.5 cm³/mol. The van der Waals surface area contributed by atoms with Gasteiger partial charge in [0, 0.05) is 23.0 Å². The summed E-state index contributed by atoms with van der Waals surface area (Å²) in [6.45, 7) is 1.14. The second kappa shape index (κ2) is 5.38. The lowest BCUT2D eigenvalue weighted by Crippen LogP contribution is -2.13. The Balaban J connectivity index is 2.36. The third-order valence-corrected chi connectivity index (χ3v) is 3.03. The number of rotatable bonds is 1. The van der Waals surface area contributed by atoms with E-state index in [0.717, 1.165) is 23.0 Å². The number of hydrogen-bond acceptors (Lipinski definition) is 2. The van der Waals surface area contributed by atoms with Gasteiger partial charge in [0.05, 0.1) is 12.3 Å². The molecule has 16 heavy (non-hydrogen) atoms. The summed E-state index contributed by atoms with van der Waals surface area (Å²) >= 11 is 3.51. The average molecular weight is 280 g/mol. The summed E-state index contributed by atoms with van der Waals surface area (Å²) in [5.41, 5.74) is 3.52. The molecule has 1 aliphatic heterocycles. The lowest BCUT2D eigenvalue weighted by atomic mass is 9.99. The first-order chi connectivity index (χ1) is 7.81. The molecule has 0 aliphatic carbocycles. The molecule has 2 N–H and O–H groups in total. The van der Waals surface area contributed by atoms with E-state index >= 15 is 0 Å². The number of benzene rings is 1. The van der Waals surface area contributed by atoms with Crippen molar-refractivity contribution in [2.75, 3.05) is 18.5 Å². The highest BCUT2D eigenvalue weighted by atomic mass is 79.9. The van der Waals surface area contributed by atoms with Crippen LogP contribution in [0, 0.1) is 11.8 Å². The molecule has 1 aromatic carbocycles. The van der Waals surface area contributed by atoms with E-state index in [4.69, 9.17) is 5.11 Å². The van der Waals surface area contributed by atoms with Crippen molar-refractivity contribution < 1.29 is 5.11 Å². The van der Waals surface area contributed by atoms with Crippen LogP contribution in [0.2, 0.25) is 0 Å². The van der Waals surface area contributed by atoms with E-state index in [1.807, 2.05) is 6.07 Å². The summed E-state index contributed by atoms with van der Waals surface area (Å²) in [5.74, 6) is 6.08. The van der Waals surface area contributed by atoms with E-state index in [-0.39, 0.29) is 6.61 Å². The standard InChI is InChI=1S/C13H14BrNO/c14-12-8-10(4-1-2-7-16)13-11(9-12)5-3-6-15-13/h8-9,15-16H,2-3,5-7H2. The third-order valence-electron chi connectivity index (χ3n) is 2.57. The van der Waals surface area contributed by atoms with Crippen LogP contribution in [0.1, 0.15) is 24.0 Å². The lowest BCUT2D eigenvalue weighted by molar-refractivity contribution is 0.305. The van der Waals surface area contributed by atoms with Crippen molar-refractivity contribution in [2.24, 2.45) is 0 Å². The van der Waals surface area contributed by atoms with Gasteiger partial charge in [-0.1, -0.05) is 27.8 Å². The summed E-state index contributed by atoms with van der Waals surface area (Å²) < 4.78 is 1.07. The summed E-state index contributed by atoms with van der Waals surface area (Å²) in [6, 6.07) is 4.18. The SMILES string of the molecule is OCCC#Cc1cc(Br)cc2c1NCCC2. The Labute approximate surface area is 104 Å². The number of aryl methyl sites for hydroxylation is 1. The minimum Gasteiger partial charge on any atom is -0.395 e. The molecule has 1 heterocycles. The normalized spacial score (nSPS) is 13.4. The molecule has 1 aliphatic rings. The molecule has 2 nitrogen and oxygen atoms in total. The van der Waals surface area contributed by atoms with Crippen LogP contribution in [-0.4, -0.2) is 18.3 Å².